The highest BCUT2D eigenvalue weighted by molar-refractivity contribution is 7.96. The average Bonchev–Trinajstić information content (AvgIpc) is 3.36. The van der Waals surface area contributed by atoms with Gasteiger partial charge in [0.15, 0.2) is 0 Å². The first-order valence-corrected chi connectivity index (χ1v) is 12.9. The normalized spacial score (nSPS) is 16.9. The summed E-state index contributed by atoms with van der Waals surface area (Å²) in [4.78, 5) is 4.08. The number of alkyl halides is 2. The van der Waals surface area contributed by atoms with Gasteiger partial charge in [-0.25, -0.2) is 21.9 Å². The maximum atomic E-state index is 15.2. The number of piperazine rings is 1. The lowest BCUT2D eigenvalue weighted by molar-refractivity contribution is 0.209. The number of benzene rings is 2. The lowest BCUT2D eigenvalue weighted by atomic mass is 10.0. The van der Waals surface area contributed by atoms with Gasteiger partial charge in [-0.05, 0) is 30.5 Å². The molecule has 1 saturated heterocycles. The fourth-order valence-electron chi connectivity index (χ4n) is 4.13. The van der Waals surface area contributed by atoms with E-state index < -0.39 is 18.1 Å². The molecule has 0 saturated carbocycles. The maximum absolute atomic E-state index is 15.2. The van der Waals surface area contributed by atoms with Crippen molar-refractivity contribution in [2.45, 2.75) is 19.4 Å². The van der Waals surface area contributed by atoms with Gasteiger partial charge in [0.1, 0.15) is 17.3 Å². The number of rotatable bonds is 9. The molecular weight excluding hydrogens is 514 g/mol. The smallest absolute Gasteiger partial charge is 0.278 e. The zero-order valence-corrected chi connectivity index (χ0v) is 21.3. The molecule has 2 aromatic carbocycles. The predicted octanol–water partition coefficient (Wildman–Crippen LogP) is 5.85. The molecule has 36 heavy (non-hydrogen) atoms. The zero-order chi connectivity index (χ0) is 25.8. The Morgan fingerprint density at radius 2 is 1.83 bits per heavy atom. The first kappa shape index (κ1) is 26.7. The number of hydrogen-bond acceptors (Lipinski definition) is 6. The Morgan fingerprint density at radius 1 is 1.08 bits per heavy atom. The third-order valence-electron chi connectivity index (χ3n) is 6.21. The van der Waals surface area contributed by atoms with Crippen LogP contribution in [0.2, 0.25) is 5.02 Å². The Kier molecular flexibility index (Phi) is 8.71. The van der Waals surface area contributed by atoms with Crippen LogP contribution in [0.3, 0.4) is 0 Å². The molecule has 0 unspecified atom stereocenters. The molecule has 2 aliphatic rings. The second kappa shape index (κ2) is 11.8. The Morgan fingerprint density at radius 3 is 2.44 bits per heavy atom. The molecule has 1 fully saturated rings. The van der Waals surface area contributed by atoms with Crippen molar-refractivity contribution in [1.29, 1.82) is 0 Å². The molecule has 4 rings (SSSR count). The van der Waals surface area contributed by atoms with E-state index in [2.05, 4.69) is 32.2 Å². The van der Waals surface area contributed by atoms with Crippen molar-refractivity contribution in [1.82, 2.24) is 9.21 Å². The Balaban J connectivity index is 1.53. The third kappa shape index (κ3) is 6.29. The second-order valence-electron chi connectivity index (χ2n) is 8.56. The molecular formula is C25H26ClF4N5S. The number of anilines is 1. The summed E-state index contributed by atoms with van der Waals surface area (Å²) in [6.45, 7) is 8.52. The summed E-state index contributed by atoms with van der Waals surface area (Å²) in [6, 6.07) is 8.86. The molecule has 5 nitrogen and oxygen atoms in total. The number of nitrogens with zero attached hydrogens (tertiary/aromatic N) is 5. The molecule has 0 aromatic heterocycles. The van der Waals surface area contributed by atoms with E-state index in [9.17, 15) is 13.2 Å². The fourth-order valence-corrected chi connectivity index (χ4v) is 4.83. The Hall–Kier alpha value is -2.40. The first-order chi connectivity index (χ1) is 17.2. The van der Waals surface area contributed by atoms with E-state index in [0.29, 0.717) is 34.8 Å². The van der Waals surface area contributed by atoms with Gasteiger partial charge in [-0.3, -0.25) is 4.90 Å². The average molecular weight is 540 g/mol. The van der Waals surface area contributed by atoms with Gasteiger partial charge in [0, 0.05) is 61.7 Å². The minimum Gasteiger partial charge on any atom is -0.340 e. The number of hydrogen-bond donors (Lipinski definition) is 0. The quantitative estimate of drug-likeness (QED) is 0.296. The van der Waals surface area contributed by atoms with Gasteiger partial charge < -0.3 is 4.90 Å². The van der Waals surface area contributed by atoms with E-state index in [1.807, 2.05) is 4.90 Å². The van der Waals surface area contributed by atoms with Gasteiger partial charge in [0.2, 0.25) is 0 Å². The predicted molar refractivity (Wildman–Crippen MR) is 139 cm³/mol. The third-order valence-corrected chi connectivity index (χ3v) is 7.38. The van der Waals surface area contributed by atoms with Gasteiger partial charge in [0.05, 0.1) is 17.3 Å². The van der Waals surface area contributed by atoms with Gasteiger partial charge in [-0.15, -0.1) is 0 Å². The molecule has 0 atom stereocenters. The van der Waals surface area contributed by atoms with Crippen LogP contribution in [0.1, 0.15) is 17.5 Å². The van der Waals surface area contributed by atoms with Crippen LogP contribution in [0.15, 0.2) is 58.9 Å². The van der Waals surface area contributed by atoms with Crippen molar-refractivity contribution < 1.29 is 17.6 Å². The van der Waals surface area contributed by atoms with Crippen LogP contribution in [0.4, 0.5) is 23.2 Å². The minimum atomic E-state index is -2.69. The van der Waals surface area contributed by atoms with Crippen molar-refractivity contribution in [2.24, 2.45) is 10.2 Å². The monoisotopic (exact) mass is 539 g/mol. The van der Waals surface area contributed by atoms with E-state index in [4.69, 9.17) is 11.6 Å². The summed E-state index contributed by atoms with van der Waals surface area (Å²) in [6.07, 6.45) is -0.753. The van der Waals surface area contributed by atoms with E-state index >= 15 is 4.39 Å². The Labute approximate surface area is 217 Å². The van der Waals surface area contributed by atoms with Crippen LogP contribution in [0.5, 0.6) is 0 Å². The SMILES string of the molecule is C=C(CN1CCN(SC)CC1)N(Cc1ccc(C2=NN=C(C(F)F)C2)cc1F)c1ccc(F)c(Cl)c1. The molecule has 0 amide bonds. The van der Waals surface area contributed by atoms with Crippen molar-refractivity contribution in [3.63, 3.8) is 0 Å². The molecule has 2 aromatic rings. The van der Waals surface area contributed by atoms with Crippen LogP contribution < -0.4 is 4.90 Å². The van der Waals surface area contributed by atoms with Gasteiger partial charge in [-0.1, -0.05) is 42.3 Å². The first-order valence-electron chi connectivity index (χ1n) is 11.4. The molecule has 2 heterocycles. The summed E-state index contributed by atoms with van der Waals surface area (Å²) in [5.41, 5.74) is 2.04. The molecule has 0 bridgehead atoms. The van der Waals surface area contributed by atoms with E-state index in [1.165, 1.54) is 18.2 Å². The molecule has 192 valence electrons. The van der Waals surface area contributed by atoms with Crippen LogP contribution in [0, 0.1) is 11.6 Å². The highest BCUT2D eigenvalue weighted by Crippen LogP contribution is 2.28. The largest absolute Gasteiger partial charge is 0.340 e. The molecule has 0 aliphatic carbocycles. The molecule has 2 aliphatic heterocycles. The minimum absolute atomic E-state index is 0.0382. The van der Waals surface area contributed by atoms with Crippen LogP contribution >= 0.6 is 23.5 Å². The van der Waals surface area contributed by atoms with Crippen LogP contribution in [-0.2, 0) is 6.54 Å². The lowest BCUT2D eigenvalue weighted by Gasteiger charge is -2.36. The van der Waals surface area contributed by atoms with E-state index in [-0.39, 0.29) is 23.7 Å². The van der Waals surface area contributed by atoms with E-state index in [0.717, 1.165) is 26.2 Å². The lowest BCUT2D eigenvalue weighted by Crippen LogP contribution is -2.45. The summed E-state index contributed by atoms with van der Waals surface area (Å²) in [5.74, 6) is -1.06. The molecule has 11 heteroatoms. The molecule has 0 radical (unpaired) electrons. The van der Waals surface area contributed by atoms with Gasteiger partial charge in [0.25, 0.3) is 6.43 Å². The van der Waals surface area contributed by atoms with Crippen molar-refractivity contribution >= 4 is 40.7 Å². The maximum Gasteiger partial charge on any atom is 0.278 e. The van der Waals surface area contributed by atoms with Crippen molar-refractivity contribution in [3.8, 4) is 0 Å². The summed E-state index contributed by atoms with van der Waals surface area (Å²) in [5, 5.41) is 7.24. The second-order valence-corrected chi connectivity index (χ2v) is 9.85. The highest BCUT2D eigenvalue weighted by atomic mass is 35.5. The van der Waals surface area contributed by atoms with Crippen LogP contribution in [-0.4, -0.2) is 66.0 Å². The summed E-state index contributed by atoms with van der Waals surface area (Å²) >= 11 is 7.76. The summed E-state index contributed by atoms with van der Waals surface area (Å²) < 4.78 is 57.1. The molecule has 0 spiro atoms. The fraction of sp³-hybridized carbons (Fsp3) is 0.360. The van der Waals surface area contributed by atoms with Crippen LogP contribution in [0.25, 0.3) is 0 Å². The highest BCUT2D eigenvalue weighted by Gasteiger charge is 2.24. The summed E-state index contributed by atoms with van der Waals surface area (Å²) in [7, 11) is 0. The standard InChI is InChI=1S/C25H26ClF4N5S/c1-16(14-33-7-9-34(36-2)10-8-33)35(19-5-6-21(27)20(26)12-19)15-18-4-3-17(11-22(18)28)23-13-24(25(29)30)32-31-23/h3-6,11-12,25H,1,7-10,13-15H2,2H3. The number of halogens is 5. The van der Waals surface area contributed by atoms with Crippen molar-refractivity contribution in [3.05, 3.63) is 76.5 Å². The van der Waals surface area contributed by atoms with Crippen molar-refractivity contribution in [2.75, 3.05) is 43.9 Å². The van der Waals surface area contributed by atoms with Gasteiger partial charge in [-0.2, -0.15) is 10.2 Å². The topological polar surface area (TPSA) is 34.4 Å². The van der Waals surface area contributed by atoms with Gasteiger partial charge >= 0.3 is 0 Å². The zero-order valence-electron chi connectivity index (χ0n) is 19.7. The molecule has 0 N–H and O–H groups in total. The Bertz CT molecular complexity index is 1180. The van der Waals surface area contributed by atoms with E-state index in [1.54, 1.807) is 30.1 Å².